The molecule has 35 heavy (non-hydrogen) atoms. The largest absolute Gasteiger partial charge is 0.387 e. The molecule has 8 heteroatoms. The van der Waals surface area contributed by atoms with Gasteiger partial charge in [-0.05, 0) is 62.6 Å². The van der Waals surface area contributed by atoms with E-state index in [0.717, 1.165) is 0 Å². The van der Waals surface area contributed by atoms with E-state index in [-0.39, 0.29) is 19.1 Å². The minimum atomic E-state index is -1.32. The zero-order valence-corrected chi connectivity index (χ0v) is 21.0. The summed E-state index contributed by atoms with van der Waals surface area (Å²) in [6.07, 6.45) is 2.82. The number of benzene rings is 2. The molecule has 1 fully saturated rings. The molecule has 0 spiro atoms. The molecule has 1 aliphatic carbocycles. The smallest absolute Gasteiger partial charge is 0.257 e. The van der Waals surface area contributed by atoms with Crippen molar-refractivity contribution in [3.63, 3.8) is 0 Å². The molecule has 1 atom stereocenters. The Hall–Kier alpha value is -2.48. The van der Waals surface area contributed by atoms with Crippen LogP contribution in [0.5, 0.6) is 0 Å². The molecule has 2 N–H and O–H groups in total. The second-order valence-electron chi connectivity index (χ2n) is 9.84. The molecule has 0 radical (unpaired) electrons. The van der Waals surface area contributed by atoms with Crippen LogP contribution in [0.3, 0.4) is 0 Å². The average Bonchev–Trinajstić information content (AvgIpc) is 3.51. The van der Waals surface area contributed by atoms with Gasteiger partial charge in [0.25, 0.3) is 5.91 Å². The number of carbonyl (C=O) groups excluding carboxylic acids is 1. The van der Waals surface area contributed by atoms with Crippen molar-refractivity contribution in [2.24, 2.45) is 0 Å². The van der Waals surface area contributed by atoms with E-state index in [2.05, 4.69) is 4.98 Å². The molecule has 3 aromatic rings. The third-order valence-electron chi connectivity index (χ3n) is 6.67. The third-order valence-corrected chi connectivity index (χ3v) is 7.14. The van der Waals surface area contributed by atoms with Crippen LogP contribution in [0.4, 0.5) is 0 Å². The fourth-order valence-corrected chi connectivity index (χ4v) is 4.67. The summed E-state index contributed by atoms with van der Waals surface area (Å²) in [6.45, 7) is 3.55. The van der Waals surface area contributed by atoms with E-state index in [1.165, 1.54) is 6.20 Å². The van der Waals surface area contributed by atoms with Crippen molar-refractivity contribution in [3.05, 3.63) is 98.8 Å². The van der Waals surface area contributed by atoms with Crippen molar-refractivity contribution in [2.45, 2.75) is 50.2 Å². The Morgan fingerprint density at radius 2 is 1.74 bits per heavy atom. The van der Waals surface area contributed by atoms with Gasteiger partial charge < -0.3 is 14.9 Å². The predicted octanol–water partition coefficient (Wildman–Crippen LogP) is 5.01. The maximum Gasteiger partial charge on any atom is 0.257 e. The van der Waals surface area contributed by atoms with Crippen molar-refractivity contribution in [3.8, 4) is 0 Å². The number of pyridine rings is 1. The fourth-order valence-electron chi connectivity index (χ4n) is 4.43. The van der Waals surface area contributed by atoms with Gasteiger partial charge in [0.2, 0.25) is 0 Å². The highest BCUT2D eigenvalue weighted by Crippen LogP contribution is 2.49. The quantitative estimate of drug-likeness (QED) is 0.464. The highest BCUT2D eigenvalue weighted by atomic mass is 35.5. The molecule has 1 aliphatic heterocycles. The zero-order valence-electron chi connectivity index (χ0n) is 19.5. The van der Waals surface area contributed by atoms with Crippen molar-refractivity contribution in [1.29, 1.82) is 0 Å². The highest BCUT2D eigenvalue weighted by molar-refractivity contribution is 6.30. The number of aromatic nitrogens is 1. The van der Waals surface area contributed by atoms with Crippen LogP contribution in [0.15, 0.2) is 60.8 Å². The van der Waals surface area contributed by atoms with Crippen molar-refractivity contribution >= 4 is 29.1 Å². The van der Waals surface area contributed by atoms with Gasteiger partial charge in [0, 0.05) is 27.9 Å². The van der Waals surface area contributed by atoms with Gasteiger partial charge >= 0.3 is 0 Å². The lowest BCUT2D eigenvalue weighted by Crippen LogP contribution is -2.48. The standard InChI is InChI=1S/C27H26Cl2N2O4/c1-25(2,33)18-5-10-23-22(13-18)24(32)31(15-21-9-8-20(29)14-30-21)27(23,35-16-26(34)11-12-26)17-3-6-19(28)7-4-17/h3-10,13-14,33-34H,11-12,15-16H2,1-2H3. The first-order valence-corrected chi connectivity index (χ1v) is 12.2. The lowest BCUT2D eigenvalue weighted by atomic mass is 9.89. The van der Waals surface area contributed by atoms with Crippen LogP contribution >= 0.6 is 23.2 Å². The topological polar surface area (TPSA) is 82.9 Å². The normalized spacial score (nSPS) is 20.7. The van der Waals surface area contributed by atoms with E-state index in [1.807, 2.05) is 18.2 Å². The van der Waals surface area contributed by atoms with Crippen molar-refractivity contribution in [1.82, 2.24) is 9.88 Å². The number of aliphatic hydroxyl groups is 2. The molecule has 2 aromatic carbocycles. The summed E-state index contributed by atoms with van der Waals surface area (Å²) in [6, 6.07) is 16.0. The van der Waals surface area contributed by atoms with Gasteiger partial charge in [0.05, 0.1) is 35.1 Å². The zero-order chi connectivity index (χ0) is 25.0. The Balaban J connectivity index is 1.70. The lowest BCUT2D eigenvalue weighted by Gasteiger charge is -2.40. The number of carbonyl (C=O) groups is 1. The Kier molecular flexibility index (Phi) is 5.93. The Labute approximate surface area is 214 Å². The molecule has 1 unspecified atom stereocenters. The molecule has 5 rings (SSSR count). The predicted molar refractivity (Wildman–Crippen MR) is 133 cm³/mol. The van der Waals surface area contributed by atoms with Crippen molar-refractivity contribution in [2.75, 3.05) is 6.61 Å². The summed E-state index contributed by atoms with van der Waals surface area (Å²) in [4.78, 5) is 20.0. The van der Waals surface area contributed by atoms with E-state index in [0.29, 0.717) is 50.8 Å². The molecule has 0 saturated heterocycles. The van der Waals surface area contributed by atoms with Crippen LogP contribution in [-0.2, 0) is 22.6 Å². The minimum Gasteiger partial charge on any atom is -0.387 e. The molecule has 1 aromatic heterocycles. The molecule has 2 heterocycles. The van der Waals surface area contributed by atoms with E-state index >= 15 is 0 Å². The van der Waals surface area contributed by atoms with E-state index in [1.54, 1.807) is 55.1 Å². The summed E-state index contributed by atoms with van der Waals surface area (Å²) in [5, 5.41) is 22.3. The molecular weight excluding hydrogens is 487 g/mol. The molecule has 0 bridgehead atoms. The van der Waals surface area contributed by atoms with E-state index < -0.39 is 16.9 Å². The van der Waals surface area contributed by atoms with Crippen LogP contribution in [0.25, 0.3) is 0 Å². The SMILES string of the molecule is CC(C)(O)c1ccc2c(c1)C(=O)N(Cc1ccc(Cl)cn1)C2(OCC1(O)CC1)c1ccc(Cl)cc1. The summed E-state index contributed by atoms with van der Waals surface area (Å²) in [5.41, 5.74) is -0.368. The maximum absolute atomic E-state index is 14.0. The Morgan fingerprint density at radius 1 is 1.06 bits per heavy atom. The van der Waals surface area contributed by atoms with E-state index in [4.69, 9.17) is 27.9 Å². The van der Waals surface area contributed by atoms with Gasteiger partial charge in [-0.1, -0.05) is 47.5 Å². The van der Waals surface area contributed by atoms with Crippen LogP contribution in [-0.4, -0.2) is 38.2 Å². The highest BCUT2D eigenvalue weighted by Gasteiger charge is 2.54. The molecule has 2 aliphatic rings. The third kappa shape index (κ3) is 4.46. The molecule has 1 saturated carbocycles. The summed E-state index contributed by atoms with van der Waals surface area (Å²) in [7, 11) is 0. The van der Waals surface area contributed by atoms with Crippen LogP contribution in [0.1, 0.15) is 59.4 Å². The summed E-state index contributed by atoms with van der Waals surface area (Å²) < 4.78 is 6.57. The number of amides is 1. The number of nitrogens with zero attached hydrogens (tertiary/aromatic N) is 2. The lowest BCUT2D eigenvalue weighted by molar-refractivity contribution is -0.138. The molecule has 1 amide bonds. The fraction of sp³-hybridized carbons (Fsp3) is 0.333. The van der Waals surface area contributed by atoms with Crippen molar-refractivity contribution < 1.29 is 19.7 Å². The van der Waals surface area contributed by atoms with Gasteiger partial charge in [0.15, 0.2) is 5.72 Å². The second kappa shape index (κ2) is 8.57. The summed E-state index contributed by atoms with van der Waals surface area (Å²) >= 11 is 12.2. The van der Waals surface area contributed by atoms with Gasteiger partial charge in [-0.25, -0.2) is 0 Å². The number of halogens is 2. The van der Waals surface area contributed by atoms with Crippen LogP contribution in [0.2, 0.25) is 10.0 Å². The van der Waals surface area contributed by atoms with Crippen LogP contribution in [0, 0.1) is 0 Å². The maximum atomic E-state index is 14.0. The number of hydrogen-bond acceptors (Lipinski definition) is 5. The molecule has 6 nitrogen and oxygen atoms in total. The first kappa shape index (κ1) is 24.2. The van der Waals surface area contributed by atoms with Gasteiger partial charge in [0.1, 0.15) is 0 Å². The van der Waals surface area contributed by atoms with Crippen LogP contribution < -0.4 is 0 Å². The van der Waals surface area contributed by atoms with Gasteiger partial charge in [-0.15, -0.1) is 0 Å². The number of hydrogen-bond donors (Lipinski definition) is 2. The Morgan fingerprint density at radius 3 is 2.34 bits per heavy atom. The first-order valence-electron chi connectivity index (χ1n) is 11.4. The average molecular weight is 513 g/mol. The van der Waals surface area contributed by atoms with E-state index in [9.17, 15) is 15.0 Å². The number of ether oxygens (including phenoxy) is 1. The van der Waals surface area contributed by atoms with Gasteiger partial charge in [-0.2, -0.15) is 0 Å². The molecular formula is C27H26Cl2N2O4. The first-order chi connectivity index (χ1) is 16.5. The molecule has 182 valence electrons. The summed E-state index contributed by atoms with van der Waals surface area (Å²) in [5.74, 6) is -0.263. The monoisotopic (exact) mass is 512 g/mol. The number of fused-ring (bicyclic) bond motifs is 1. The second-order valence-corrected chi connectivity index (χ2v) is 10.7. The number of rotatable bonds is 7. The minimum absolute atomic E-state index is 0.0557. The Bertz CT molecular complexity index is 1270. The van der Waals surface area contributed by atoms with Gasteiger partial charge in [-0.3, -0.25) is 14.7 Å².